The minimum Gasteiger partial charge on any atom is -0.484 e. The van der Waals surface area contributed by atoms with E-state index in [1.807, 2.05) is 36.1 Å². The number of benzene rings is 2. The summed E-state index contributed by atoms with van der Waals surface area (Å²) in [6, 6.07) is 16.1. The lowest BCUT2D eigenvalue weighted by atomic mass is 10.0. The Morgan fingerprint density at radius 1 is 0.966 bits per heavy atom. The summed E-state index contributed by atoms with van der Waals surface area (Å²) in [6.45, 7) is 5.47. The minimum absolute atomic E-state index is 0.0127. The van der Waals surface area contributed by atoms with Crippen molar-refractivity contribution in [1.29, 1.82) is 0 Å². The van der Waals surface area contributed by atoms with Crippen molar-refractivity contribution in [1.82, 2.24) is 10.2 Å². The summed E-state index contributed by atoms with van der Waals surface area (Å²) in [4.78, 5) is 26.5. The van der Waals surface area contributed by atoms with Gasteiger partial charge < -0.3 is 15.0 Å². The van der Waals surface area contributed by atoms with Crippen molar-refractivity contribution in [3.8, 4) is 5.75 Å². The Hall–Kier alpha value is -2.82. The molecule has 0 unspecified atom stereocenters. The molecule has 0 aliphatic carbocycles. The number of likely N-dealkylation sites (tertiary alicyclic amines) is 1. The number of nitrogens with zero attached hydrogens (tertiary/aromatic N) is 1. The highest BCUT2D eigenvalue weighted by atomic mass is 16.5. The van der Waals surface area contributed by atoms with Gasteiger partial charge in [-0.25, -0.2) is 0 Å². The lowest BCUT2D eigenvalue weighted by molar-refractivity contribution is -0.132. The second-order valence-electron chi connectivity index (χ2n) is 7.81. The Bertz CT molecular complexity index is 807. The molecule has 0 saturated carbocycles. The van der Waals surface area contributed by atoms with Crippen LogP contribution in [-0.4, -0.2) is 42.5 Å². The van der Waals surface area contributed by atoms with E-state index in [4.69, 9.17) is 4.74 Å². The maximum absolute atomic E-state index is 12.5. The maximum Gasteiger partial charge on any atom is 0.258 e. The summed E-state index contributed by atoms with van der Waals surface area (Å²) < 4.78 is 5.53. The van der Waals surface area contributed by atoms with Gasteiger partial charge in [0.15, 0.2) is 6.61 Å². The first-order chi connectivity index (χ1) is 14.0. The molecule has 5 nitrogen and oxygen atoms in total. The van der Waals surface area contributed by atoms with Crippen LogP contribution >= 0.6 is 0 Å². The highest BCUT2D eigenvalue weighted by molar-refractivity contribution is 5.78. The Kier molecular flexibility index (Phi) is 7.28. The number of carbonyl (C=O) groups excluding carboxylic acids is 2. The molecule has 1 saturated heterocycles. The van der Waals surface area contributed by atoms with Crippen molar-refractivity contribution in [2.45, 2.75) is 45.6 Å². The van der Waals surface area contributed by atoms with E-state index < -0.39 is 0 Å². The molecule has 2 aromatic rings. The summed E-state index contributed by atoms with van der Waals surface area (Å²) in [5.41, 5.74) is 3.58. The number of rotatable bonds is 7. The van der Waals surface area contributed by atoms with Crippen LogP contribution in [0.5, 0.6) is 5.75 Å². The van der Waals surface area contributed by atoms with E-state index in [1.165, 1.54) is 11.1 Å². The number of piperidine rings is 1. The van der Waals surface area contributed by atoms with Crippen LogP contribution in [0.1, 0.15) is 36.0 Å². The summed E-state index contributed by atoms with van der Waals surface area (Å²) in [5, 5.41) is 3.02. The maximum atomic E-state index is 12.5. The van der Waals surface area contributed by atoms with Gasteiger partial charge in [0.25, 0.3) is 5.91 Å². The van der Waals surface area contributed by atoms with E-state index in [1.54, 1.807) is 0 Å². The SMILES string of the molecule is Cc1ccc(CCC(=O)N2CCC(NC(=O)COc3ccc(C)cc3)CC2)cc1. The van der Waals surface area contributed by atoms with Crippen molar-refractivity contribution in [3.05, 3.63) is 65.2 Å². The van der Waals surface area contributed by atoms with Crippen LogP contribution in [0.25, 0.3) is 0 Å². The Labute approximate surface area is 173 Å². The third-order valence-electron chi connectivity index (χ3n) is 5.35. The van der Waals surface area contributed by atoms with Crippen LogP contribution < -0.4 is 10.1 Å². The molecule has 1 aliphatic heterocycles. The number of hydrogen-bond acceptors (Lipinski definition) is 3. The largest absolute Gasteiger partial charge is 0.484 e. The molecule has 0 radical (unpaired) electrons. The molecule has 2 amide bonds. The number of ether oxygens (including phenoxy) is 1. The number of carbonyl (C=O) groups is 2. The Morgan fingerprint density at radius 2 is 1.55 bits per heavy atom. The fourth-order valence-electron chi connectivity index (χ4n) is 3.49. The number of nitrogens with one attached hydrogen (secondary N) is 1. The van der Waals surface area contributed by atoms with Crippen LogP contribution in [-0.2, 0) is 16.0 Å². The van der Waals surface area contributed by atoms with Crippen molar-refractivity contribution in [2.75, 3.05) is 19.7 Å². The third kappa shape index (κ3) is 6.63. The van der Waals surface area contributed by atoms with Gasteiger partial charge in [-0.3, -0.25) is 9.59 Å². The molecule has 1 aliphatic rings. The Morgan fingerprint density at radius 3 is 2.17 bits per heavy atom. The number of aryl methyl sites for hydroxylation is 3. The first-order valence-corrected chi connectivity index (χ1v) is 10.3. The van der Waals surface area contributed by atoms with Crippen LogP contribution in [0.15, 0.2) is 48.5 Å². The first-order valence-electron chi connectivity index (χ1n) is 10.3. The summed E-state index contributed by atoms with van der Waals surface area (Å²) in [7, 11) is 0. The highest BCUT2D eigenvalue weighted by Gasteiger charge is 2.23. The zero-order valence-electron chi connectivity index (χ0n) is 17.3. The lowest BCUT2D eigenvalue weighted by Gasteiger charge is -2.32. The molecule has 0 aromatic heterocycles. The lowest BCUT2D eigenvalue weighted by Crippen LogP contribution is -2.47. The van der Waals surface area contributed by atoms with Gasteiger partial charge in [0.1, 0.15) is 5.75 Å². The molecule has 2 aromatic carbocycles. The van der Waals surface area contributed by atoms with Gasteiger partial charge in [0.2, 0.25) is 5.91 Å². The quantitative estimate of drug-likeness (QED) is 0.783. The smallest absolute Gasteiger partial charge is 0.258 e. The van der Waals surface area contributed by atoms with Crippen LogP contribution in [0.2, 0.25) is 0 Å². The van der Waals surface area contributed by atoms with Gasteiger partial charge in [0, 0.05) is 25.6 Å². The van der Waals surface area contributed by atoms with Crippen LogP contribution in [0.3, 0.4) is 0 Å². The first kappa shape index (κ1) is 20.9. The second kappa shape index (κ2) is 10.1. The van der Waals surface area contributed by atoms with E-state index in [0.29, 0.717) is 25.3 Å². The molecule has 0 bridgehead atoms. The predicted octanol–water partition coefficient (Wildman–Crippen LogP) is 3.42. The van der Waals surface area contributed by atoms with E-state index in [0.717, 1.165) is 24.8 Å². The van der Waals surface area contributed by atoms with Gasteiger partial charge in [0.05, 0.1) is 0 Å². The average Bonchev–Trinajstić information content (AvgIpc) is 2.73. The van der Waals surface area contributed by atoms with E-state index in [9.17, 15) is 9.59 Å². The normalized spacial score (nSPS) is 14.5. The van der Waals surface area contributed by atoms with Crippen molar-refractivity contribution in [2.24, 2.45) is 0 Å². The molecular weight excluding hydrogens is 364 g/mol. The number of hydrogen-bond donors (Lipinski definition) is 1. The molecule has 5 heteroatoms. The molecule has 154 valence electrons. The fraction of sp³-hybridized carbons (Fsp3) is 0.417. The highest BCUT2D eigenvalue weighted by Crippen LogP contribution is 2.14. The standard InChI is InChI=1S/C24H30N2O3/c1-18-3-7-20(8-4-18)9-12-24(28)26-15-13-21(14-16-26)25-23(27)17-29-22-10-5-19(2)6-11-22/h3-8,10-11,21H,9,12-17H2,1-2H3,(H,25,27). The zero-order chi connectivity index (χ0) is 20.6. The fourth-order valence-corrected chi connectivity index (χ4v) is 3.49. The zero-order valence-corrected chi connectivity index (χ0v) is 17.3. The van der Waals surface area contributed by atoms with Gasteiger partial charge in [-0.15, -0.1) is 0 Å². The van der Waals surface area contributed by atoms with Crippen molar-refractivity contribution in [3.63, 3.8) is 0 Å². The van der Waals surface area contributed by atoms with Gasteiger partial charge >= 0.3 is 0 Å². The predicted molar refractivity (Wildman–Crippen MR) is 114 cm³/mol. The molecule has 0 spiro atoms. The second-order valence-corrected chi connectivity index (χ2v) is 7.81. The van der Waals surface area contributed by atoms with Gasteiger partial charge in [-0.1, -0.05) is 47.5 Å². The van der Waals surface area contributed by atoms with E-state index in [-0.39, 0.29) is 24.5 Å². The Balaban J connectivity index is 1.34. The molecule has 1 fully saturated rings. The van der Waals surface area contributed by atoms with Crippen molar-refractivity contribution < 1.29 is 14.3 Å². The molecule has 3 rings (SSSR count). The summed E-state index contributed by atoms with van der Waals surface area (Å²) >= 11 is 0. The monoisotopic (exact) mass is 394 g/mol. The molecule has 1 N–H and O–H groups in total. The van der Waals surface area contributed by atoms with Gasteiger partial charge in [-0.05, 0) is 50.8 Å². The minimum atomic E-state index is -0.116. The van der Waals surface area contributed by atoms with Crippen molar-refractivity contribution >= 4 is 11.8 Å². The molecule has 1 heterocycles. The summed E-state index contributed by atoms with van der Waals surface area (Å²) in [5.74, 6) is 0.771. The van der Waals surface area contributed by atoms with E-state index in [2.05, 4.69) is 36.5 Å². The summed E-state index contributed by atoms with van der Waals surface area (Å²) in [6.07, 6.45) is 2.87. The van der Waals surface area contributed by atoms with E-state index >= 15 is 0 Å². The molecular formula is C24H30N2O3. The average molecular weight is 395 g/mol. The molecule has 0 atom stereocenters. The molecule has 29 heavy (non-hydrogen) atoms. The van der Waals surface area contributed by atoms with Gasteiger partial charge in [-0.2, -0.15) is 0 Å². The topological polar surface area (TPSA) is 58.6 Å². The van der Waals surface area contributed by atoms with Crippen LogP contribution in [0, 0.1) is 13.8 Å². The third-order valence-corrected chi connectivity index (χ3v) is 5.35. The van der Waals surface area contributed by atoms with Crippen LogP contribution in [0.4, 0.5) is 0 Å². The number of amides is 2.